The van der Waals surface area contributed by atoms with Gasteiger partial charge in [0, 0.05) is 49.3 Å². The van der Waals surface area contributed by atoms with Crippen LogP contribution in [0.25, 0.3) is 60.6 Å². The largest absolute Gasteiger partial charge is 0.454 e. The molecule has 0 aliphatic carbocycles. The molecule has 2 aromatic heterocycles. The van der Waals surface area contributed by atoms with E-state index in [0.717, 1.165) is 72.2 Å². The van der Waals surface area contributed by atoms with Gasteiger partial charge < -0.3 is 13.9 Å². The third kappa shape index (κ3) is 4.21. The van der Waals surface area contributed by atoms with Crippen molar-refractivity contribution in [2.45, 2.75) is 0 Å². The van der Waals surface area contributed by atoms with Gasteiger partial charge in [-0.25, -0.2) is 0 Å². The van der Waals surface area contributed by atoms with Crippen molar-refractivity contribution in [2.75, 3.05) is 4.90 Å². The van der Waals surface area contributed by atoms with E-state index in [0.29, 0.717) is 5.02 Å². The minimum Gasteiger partial charge on any atom is -0.454 e. The van der Waals surface area contributed by atoms with Gasteiger partial charge in [0.1, 0.15) is 5.58 Å². The molecule has 0 saturated carbocycles. The molecular formula is C42H27ClN2O. The maximum atomic E-state index is 7.01. The molecule has 0 bridgehead atoms. The average molecular weight is 611 g/mol. The minimum absolute atomic E-state index is 0.664. The molecule has 0 unspecified atom stereocenters. The second-order valence-corrected chi connectivity index (χ2v) is 12.0. The van der Waals surface area contributed by atoms with Gasteiger partial charge in [-0.05, 0) is 83.9 Å². The van der Waals surface area contributed by atoms with Crippen LogP contribution < -0.4 is 4.90 Å². The Morgan fingerprint density at radius 2 is 1.13 bits per heavy atom. The monoisotopic (exact) mass is 610 g/mol. The number of hydrogen-bond donors (Lipinski definition) is 0. The topological polar surface area (TPSA) is 21.3 Å². The molecule has 3 nitrogen and oxygen atoms in total. The highest BCUT2D eigenvalue weighted by molar-refractivity contribution is 6.32. The highest BCUT2D eigenvalue weighted by Crippen LogP contribution is 2.47. The van der Waals surface area contributed by atoms with Crippen LogP contribution in [0.1, 0.15) is 0 Å². The first-order chi connectivity index (χ1) is 22.7. The van der Waals surface area contributed by atoms with Crippen LogP contribution in [-0.4, -0.2) is 4.57 Å². The Morgan fingerprint density at radius 1 is 0.522 bits per heavy atom. The summed E-state index contributed by atoms with van der Waals surface area (Å²) in [5.41, 5.74) is 10.2. The molecule has 0 spiro atoms. The van der Waals surface area contributed by atoms with Crippen LogP contribution in [0.2, 0.25) is 5.02 Å². The van der Waals surface area contributed by atoms with E-state index in [1.165, 1.54) is 5.39 Å². The molecule has 0 aliphatic heterocycles. The predicted molar refractivity (Wildman–Crippen MR) is 193 cm³/mol. The molecule has 4 heteroatoms. The van der Waals surface area contributed by atoms with E-state index in [4.69, 9.17) is 16.0 Å². The van der Waals surface area contributed by atoms with Gasteiger partial charge in [0.25, 0.3) is 0 Å². The Bertz CT molecular complexity index is 2490. The number of anilines is 3. The normalized spacial score (nSPS) is 11.6. The zero-order valence-electron chi connectivity index (χ0n) is 24.8. The first-order valence-corrected chi connectivity index (χ1v) is 15.8. The molecule has 2 heterocycles. The fourth-order valence-corrected chi connectivity index (χ4v) is 7.09. The lowest BCUT2D eigenvalue weighted by Gasteiger charge is -2.26. The van der Waals surface area contributed by atoms with Crippen LogP contribution in [0.4, 0.5) is 17.1 Å². The zero-order valence-corrected chi connectivity index (χ0v) is 25.5. The number of furan rings is 1. The van der Waals surface area contributed by atoms with E-state index in [-0.39, 0.29) is 0 Å². The Balaban J connectivity index is 1.39. The van der Waals surface area contributed by atoms with Crippen LogP contribution in [-0.2, 0) is 0 Å². The Labute approximate surface area is 271 Å². The quantitative estimate of drug-likeness (QED) is 0.193. The van der Waals surface area contributed by atoms with E-state index >= 15 is 0 Å². The Hall–Kier alpha value is -5.77. The number of rotatable bonds is 5. The maximum absolute atomic E-state index is 7.01. The van der Waals surface area contributed by atoms with Gasteiger partial charge in [-0.15, -0.1) is 0 Å². The number of para-hydroxylation sites is 5. The molecule has 9 aromatic rings. The highest BCUT2D eigenvalue weighted by Gasteiger charge is 2.23. The van der Waals surface area contributed by atoms with E-state index in [1.54, 1.807) is 0 Å². The fourth-order valence-electron chi connectivity index (χ4n) is 6.86. The number of halogens is 1. The second-order valence-electron chi connectivity index (χ2n) is 11.5. The molecule has 218 valence electrons. The van der Waals surface area contributed by atoms with Gasteiger partial charge in [-0.1, -0.05) is 103 Å². The molecule has 7 aromatic carbocycles. The van der Waals surface area contributed by atoms with Gasteiger partial charge in [-0.2, -0.15) is 0 Å². The maximum Gasteiger partial charge on any atom is 0.160 e. The van der Waals surface area contributed by atoms with Crippen molar-refractivity contribution in [1.82, 2.24) is 4.57 Å². The number of benzene rings is 7. The fraction of sp³-hybridized carbons (Fsp3) is 0. The lowest BCUT2D eigenvalue weighted by Crippen LogP contribution is -2.09. The van der Waals surface area contributed by atoms with Crippen LogP contribution in [0.3, 0.4) is 0 Å². The summed E-state index contributed by atoms with van der Waals surface area (Å²) in [7, 11) is 0. The third-order valence-electron chi connectivity index (χ3n) is 8.78. The minimum atomic E-state index is 0.664. The third-order valence-corrected chi connectivity index (χ3v) is 9.00. The average Bonchev–Trinajstić information content (AvgIpc) is 3.66. The van der Waals surface area contributed by atoms with Crippen LogP contribution in [0.5, 0.6) is 0 Å². The summed E-state index contributed by atoms with van der Waals surface area (Å²) in [5.74, 6) is 0. The summed E-state index contributed by atoms with van der Waals surface area (Å²) < 4.78 is 9.13. The van der Waals surface area contributed by atoms with Gasteiger partial charge >= 0.3 is 0 Å². The lowest BCUT2D eigenvalue weighted by atomic mass is 9.96. The molecule has 0 atom stereocenters. The first-order valence-electron chi connectivity index (χ1n) is 15.4. The van der Waals surface area contributed by atoms with Crippen molar-refractivity contribution in [1.29, 1.82) is 0 Å². The van der Waals surface area contributed by atoms with Crippen molar-refractivity contribution in [3.8, 4) is 16.8 Å². The van der Waals surface area contributed by atoms with Crippen molar-refractivity contribution < 1.29 is 4.42 Å². The van der Waals surface area contributed by atoms with E-state index in [9.17, 15) is 0 Å². The summed E-state index contributed by atoms with van der Waals surface area (Å²) in [4.78, 5) is 2.25. The molecule has 46 heavy (non-hydrogen) atoms. The number of hydrogen-bond acceptors (Lipinski definition) is 2. The van der Waals surface area contributed by atoms with E-state index in [2.05, 4.69) is 149 Å². The Morgan fingerprint density at radius 3 is 1.85 bits per heavy atom. The van der Waals surface area contributed by atoms with Crippen LogP contribution in [0, 0.1) is 0 Å². The summed E-state index contributed by atoms with van der Waals surface area (Å²) in [6, 6.07) is 56.9. The van der Waals surface area contributed by atoms with Crippen molar-refractivity contribution in [3.05, 3.63) is 169 Å². The molecule has 0 N–H and O–H groups in total. The second kappa shape index (κ2) is 10.7. The molecule has 0 saturated heterocycles. The SMILES string of the molecule is Clc1cc(-c2cc3c4ccccc4n(-c4ccccc4)c3c3oc4ccccc4c23)cc(N(c2ccccc2)c2ccccc2)c1. The molecule has 0 amide bonds. The number of nitrogens with zero attached hydrogens (tertiary/aromatic N) is 2. The summed E-state index contributed by atoms with van der Waals surface area (Å²) in [5, 5.41) is 5.11. The van der Waals surface area contributed by atoms with E-state index < -0.39 is 0 Å². The molecule has 0 aliphatic rings. The van der Waals surface area contributed by atoms with E-state index in [1.807, 2.05) is 24.3 Å². The zero-order chi connectivity index (χ0) is 30.6. The first kappa shape index (κ1) is 26.6. The molecule has 9 rings (SSSR count). The van der Waals surface area contributed by atoms with Gasteiger partial charge in [0.05, 0.1) is 11.0 Å². The van der Waals surface area contributed by atoms with Crippen LogP contribution in [0.15, 0.2) is 168 Å². The highest BCUT2D eigenvalue weighted by atomic mass is 35.5. The lowest BCUT2D eigenvalue weighted by molar-refractivity contribution is 0.671. The summed E-state index contributed by atoms with van der Waals surface area (Å²) in [6.45, 7) is 0. The number of aromatic nitrogens is 1. The Kier molecular flexibility index (Phi) is 6.19. The van der Waals surface area contributed by atoms with Crippen molar-refractivity contribution in [3.63, 3.8) is 0 Å². The molecular weight excluding hydrogens is 584 g/mol. The van der Waals surface area contributed by atoms with Gasteiger partial charge in [0.15, 0.2) is 5.58 Å². The van der Waals surface area contributed by atoms with Gasteiger partial charge in [-0.3, -0.25) is 0 Å². The van der Waals surface area contributed by atoms with Gasteiger partial charge in [0.2, 0.25) is 0 Å². The standard InChI is InChI=1S/C42H27ClN2O/c43-29-24-28(25-33(26-29)44(30-14-4-1-5-15-30)31-16-6-2-7-17-31)36-27-37-34-20-10-12-22-38(34)45(32-18-8-3-9-19-32)41(37)42-40(36)35-21-11-13-23-39(35)46-42/h1-27H. The molecule has 0 radical (unpaired) electrons. The smallest absolute Gasteiger partial charge is 0.160 e. The van der Waals surface area contributed by atoms with Crippen molar-refractivity contribution >= 4 is 72.4 Å². The number of fused-ring (bicyclic) bond motifs is 7. The van der Waals surface area contributed by atoms with Crippen molar-refractivity contribution in [2.24, 2.45) is 0 Å². The van der Waals surface area contributed by atoms with Crippen LogP contribution >= 0.6 is 11.6 Å². The summed E-state index contributed by atoms with van der Waals surface area (Å²) in [6.07, 6.45) is 0. The molecule has 0 fully saturated rings. The summed E-state index contributed by atoms with van der Waals surface area (Å²) >= 11 is 7.01. The predicted octanol–water partition coefficient (Wildman–Crippen LogP) is 12.5.